The minimum absolute atomic E-state index is 0.164. The highest BCUT2D eigenvalue weighted by Crippen LogP contribution is 2.23. The minimum atomic E-state index is -1.11. The third kappa shape index (κ3) is 10.5. The molecule has 10 nitrogen and oxygen atoms in total. The molecule has 0 heterocycles. The van der Waals surface area contributed by atoms with E-state index in [4.69, 9.17) is 4.74 Å². The van der Waals surface area contributed by atoms with Gasteiger partial charge in [0.15, 0.2) is 0 Å². The predicted molar refractivity (Wildman–Crippen MR) is 189 cm³/mol. The van der Waals surface area contributed by atoms with E-state index in [-0.39, 0.29) is 24.7 Å². The Hall–Kier alpha value is -4.99. The SMILES string of the molecule is CCC(C)C(NC(C)=O)C(=O)N(C)C(Cc1ccccc1)C(=O)NC(C(=O)N(C)C(Cc1ccccc1)C(=O)OC)C(C)c1ccccc1. The molecule has 0 fully saturated rings. The van der Waals surface area contributed by atoms with Crippen LogP contribution in [0, 0.1) is 5.92 Å². The van der Waals surface area contributed by atoms with Crippen LogP contribution >= 0.6 is 0 Å². The van der Waals surface area contributed by atoms with E-state index in [9.17, 15) is 24.0 Å². The van der Waals surface area contributed by atoms with E-state index in [2.05, 4.69) is 10.6 Å². The summed E-state index contributed by atoms with van der Waals surface area (Å²) in [4.78, 5) is 70.7. The molecular weight excluding hydrogens is 620 g/mol. The van der Waals surface area contributed by atoms with Gasteiger partial charge in [0.2, 0.25) is 23.6 Å². The third-order valence-corrected chi connectivity index (χ3v) is 9.18. The van der Waals surface area contributed by atoms with Gasteiger partial charge in [0.1, 0.15) is 24.2 Å². The molecule has 49 heavy (non-hydrogen) atoms. The second-order valence-electron chi connectivity index (χ2n) is 12.6. The zero-order chi connectivity index (χ0) is 36.1. The van der Waals surface area contributed by atoms with Crippen LogP contribution in [0.1, 0.15) is 56.7 Å². The molecule has 0 aliphatic rings. The van der Waals surface area contributed by atoms with Crippen LogP contribution in [0.3, 0.4) is 0 Å². The van der Waals surface area contributed by atoms with Crippen molar-refractivity contribution >= 4 is 29.6 Å². The van der Waals surface area contributed by atoms with Crippen molar-refractivity contribution in [1.29, 1.82) is 0 Å². The number of methoxy groups -OCH3 is 1. The first-order chi connectivity index (χ1) is 23.4. The molecule has 3 aromatic carbocycles. The Bertz CT molecular complexity index is 1530. The number of nitrogens with zero attached hydrogens (tertiary/aromatic N) is 2. The van der Waals surface area contributed by atoms with E-state index in [1.165, 1.54) is 30.9 Å². The molecule has 0 saturated heterocycles. The van der Waals surface area contributed by atoms with Crippen LogP contribution < -0.4 is 10.6 Å². The fourth-order valence-electron chi connectivity index (χ4n) is 5.84. The number of hydrogen-bond donors (Lipinski definition) is 2. The molecule has 0 saturated carbocycles. The quantitative estimate of drug-likeness (QED) is 0.221. The van der Waals surface area contributed by atoms with Gasteiger partial charge in [-0.2, -0.15) is 0 Å². The number of nitrogens with one attached hydrogen (secondary N) is 2. The number of ether oxygens (including phenoxy) is 1. The molecule has 3 rings (SSSR count). The van der Waals surface area contributed by atoms with Gasteiger partial charge in [-0.3, -0.25) is 19.2 Å². The maximum atomic E-state index is 14.5. The van der Waals surface area contributed by atoms with Gasteiger partial charge in [-0.25, -0.2) is 4.79 Å². The van der Waals surface area contributed by atoms with E-state index in [1.807, 2.05) is 112 Å². The number of benzene rings is 3. The van der Waals surface area contributed by atoms with Gasteiger partial charge in [0.05, 0.1) is 7.11 Å². The predicted octanol–water partition coefficient (Wildman–Crippen LogP) is 4.14. The van der Waals surface area contributed by atoms with Crippen LogP contribution in [0.25, 0.3) is 0 Å². The number of hydrogen-bond acceptors (Lipinski definition) is 6. The summed E-state index contributed by atoms with van der Waals surface area (Å²) in [6.07, 6.45) is 1.00. The Balaban J connectivity index is 2.04. The molecule has 0 spiro atoms. The smallest absolute Gasteiger partial charge is 0.328 e. The van der Waals surface area contributed by atoms with E-state index in [0.29, 0.717) is 6.42 Å². The van der Waals surface area contributed by atoms with Crippen molar-refractivity contribution < 1.29 is 28.7 Å². The maximum Gasteiger partial charge on any atom is 0.328 e. The van der Waals surface area contributed by atoms with E-state index < -0.39 is 53.8 Å². The maximum absolute atomic E-state index is 14.5. The lowest BCUT2D eigenvalue weighted by molar-refractivity contribution is -0.153. The van der Waals surface area contributed by atoms with Crippen molar-refractivity contribution in [2.45, 2.75) is 77.0 Å². The first kappa shape index (κ1) is 38.5. The van der Waals surface area contributed by atoms with Gasteiger partial charge in [0.25, 0.3) is 0 Å². The Morgan fingerprint density at radius 1 is 0.673 bits per heavy atom. The standard InChI is InChI=1S/C39H50N4O6/c1-8-26(2)34(40-28(4)44)37(46)42(5)32(24-29-18-12-9-13-19-29)36(45)41-35(27(3)31-22-16-11-17-23-31)38(47)43(6)33(39(48)49-7)25-30-20-14-10-15-21-30/h9-23,26-27,32-35H,8,24-25H2,1-7H3,(H,40,44)(H,41,45). The van der Waals surface area contributed by atoms with Crippen molar-refractivity contribution in [3.63, 3.8) is 0 Å². The fourth-order valence-corrected chi connectivity index (χ4v) is 5.84. The zero-order valence-electron chi connectivity index (χ0n) is 29.6. The van der Waals surface area contributed by atoms with Crippen LogP contribution in [-0.4, -0.2) is 84.8 Å². The molecule has 2 N–H and O–H groups in total. The fraction of sp³-hybridized carbons (Fsp3) is 0.410. The van der Waals surface area contributed by atoms with Gasteiger partial charge in [0, 0.05) is 39.8 Å². The average Bonchev–Trinajstić information content (AvgIpc) is 3.13. The van der Waals surface area contributed by atoms with Crippen molar-refractivity contribution in [3.05, 3.63) is 108 Å². The summed E-state index contributed by atoms with van der Waals surface area (Å²) in [5.41, 5.74) is 2.46. The summed E-state index contributed by atoms with van der Waals surface area (Å²) in [6.45, 7) is 7.00. The molecule has 0 aromatic heterocycles. The van der Waals surface area contributed by atoms with E-state index in [0.717, 1.165) is 16.7 Å². The molecule has 0 bridgehead atoms. The average molecular weight is 671 g/mol. The number of amides is 4. The summed E-state index contributed by atoms with van der Waals surface area (Å²) in [6, 6.07) is 24.0. The topological polar surface area (TPSA) is 125 Å². The molecule has 6 atom stereocenters. The molecule has 3 aromatic rings. The summed E-state index contributed by atoms with van der Waals surface area (Å²) in [7, 11) is 4.35. The lowest BCUT2D eigenvalue weighted by Crippen LogP contribution is -2.60. The van der Waals surface area contributed by atoms with Crippen LogP contribution in [0.15, 0.2) is 91.0 Å². The number of esters is 1. The van der Waals surface area contributed by atoms with Gasteiger partial charge in [-0.05, 0) is 22.6 Å². The number of carbonyl (C=O) groups excluding carboxylic acids is 5. The van der Waals surface area contributed by atoms with Crippen LogP contribution in [-0.2, 0) is 41.6 Å². The minimum Gasteiger partial charge on any atom is -0.467 e. The van der Waals surface area contributed by atoms with Crippen molar-refractivity contribution in [2.24, 2.45) is 5.92 Å². The number of likely N-dealkylation sites (N-methyl/N-ethyl adjacent to an activating group) is 2. The Kier molecular flexibility index (Phi) is 14.5. The first-order valence-electron chi connectivity index (χ1n) is 16.7. The molecule has 0 radical (unpaired) electrons. The monoisotopic (exact) mass is 670 g/mol. The number of carbonyl (C=O) groups is 5. The van der Waals surface area contributed by atoms with Crippen LogP contribution in [0.2, 0.25) is 0 Å². The molecule has 0 aliphatic carbocycles. The zero-order valence-corrected chi connectivity index (χ0v) is 29.6. The van der Waals surface area contributed by atoms with Gasteiger partial charge < -0.3 is 25.2 Å². The van der Waals surface area contributed by atoms with Crippen molar-refractivity contribution in [3.8, 4) is 0 Å². The highest BCUT2D eigenvalue weighted by atomic mass is 16.5. The summed E-state index contributed by atoms with van der Waals surface area (Å²) >= 11 is 0. The molecular formula is C39H50N4O6. The van der Waals surface area contributed by atoms with Gasteiger partial charge in [-0.1, -0.05) is 118 Å². The Labute approximate surface area is 290 Å². The van der Waals surface area contributed by atoms with Crippen molar-refractivity contribution in [1.82, 2.24) is 20.4 Å². The van der Waals surface area contributed by atoms with E-state index >= 15 is 0 Å². The highest BCUT2D eigenvalue weighted by Gasteiger charge is 2.39. The highest BCUT2D eigenvalue weighted by molar-refractivity contribution is 5.95. The third-order valence-electron chi connectivity index (χ3n) is 9.18. The van der Waals surface area contributed by atoms with Gasteiger partial charge >= 0.3 is 5.97 Å². The lowest BCUT2D eigenvalue weighted by Gasteiger charge is -2.36. The summed E-state index contributed by atoms with van der Waals surface area (Å²) in [5.74, 6) is -3.08. The lowest BCUT2D eigenvalue weighted by atomic mass is 9.91. The first-order valence-corrected chi connectivity index (χ1v) is 16.7. The second kappa shape index (κ2) is 18.5. The Morgan fingerprint density at radius 2 is 1.12 bits per heavy atom. The van der Waals surface area contributed by atoms with E-state index in [1.54, 1.807) is 7.05 Å². The summed E-state index contributed by atoms with van der Waals surface area (Å²) < 4.78 is 5.11. The number of rotatable bonds is 16. The summed E-state index contributed by atoms with van der Waals surface area (Å²) in [5, 5.41) is 5.75. The van der Waals surface area contributed by atoms with Crippen molar-refractivity contribution in [2.75, 3.05) is 21.2 Å². The molecule has 10 heteroatoms. The normalized spacial score (nSPS) is 14.6. The second-order valence-corrected chi connectivity index (χ2v) is 12.6. The molecule has 0 aliphatic heterocycles. The Morgan fingerprint density at radius 3 is 1.59 bits per heavy atom. The van der Waals surface area contributed by atoms with Crippen LogP contribution in [0.5, 0.6) is 0 Å². The largest absolute Gasteiger partial charge is 0.467 e. The van der Waals surface area contributed by atoms with Crippen LogP contribution in [0.4, 0.5) is 0 Å². The van der Waals surface area contributed by atoms with Gasteiger partial charge in [-0.15, -0.1) is 0 Å². The molecule has 262 valence electrons. The molecule has 6 unspecified atom stereocenters. The molecule has 4 amide bonds.